The highest BCUT2D eigenvalue weighted by atomic mass is 32.1. The van der Waals surface area contributed by atoms with Gasteiger partial charge in [0.05, 0.1) is 18.1 Å². The first-order valence-corrected chi connectivity index (χ1v) is 10.0. The second-order valence-corrected chi connectivity index (χ2v) is 7.93. The molecule has 3 N–H and O–H groups in total. The molecule has 0 radical (unpaired) electrons. The van der Waals surface area contributed by atoms with E-state index in [0.29, 0.717) is 12.4 Å². The van der Waals surface area contributed by atoms with Crippen LogP contribution in [0.15, 0.2) is 42.9 Å². The molecule has 0 aliphatic carbocycles. The maximum absolute atomic E-state index is 8.86. The van der Waals surface area contributed by atoms with Gasteiger partial charge in [0.2, 0.25) is 0 Å². The first-order valence-electron chi connectivity index (χ1n) is 9.18. The standard InChI is InChI=1S/C20H20N4O3S/c21-19-18-14(16-7-12-3-1-2-4-15(12)28-16)8-24(20(18)23-10-22-19)17-6-5-13(27-17)9-26-11-25/h1-4,7-8,10,13,17,25H,5-6,9,11H2,(H2,21,22,23). The molecular weight excluding hydrogens is 376 g/mol. The van der Waals surface area contributed by atoms with Crippen LogP contribution in [-0.4, -0.2) is 39.1 Å². The average Bonchev–Trinajstić information content (AvgIpc) is 3.42. The molecule has 3 aromatic heterocycles. The van der Waals surface area contributed by atoms with Gasteiger partial charge in [-0.15, -0.1) is 11.3 Å². The summed E-state index contributed by atoms with van der Waals surface area (Å²) in [5, 5.41) is 10.9. The van der Waals surface area contributed by atoms with Crippen LogP contribution in [0.4, 0.5) is 5.82 Å². The van der Waals surface area contributed by atoms with Crippen molar-refractivity contribution in [1.29, 1.82) is 0 Å². The molecule has 28 heavy (non-hydrogen) atoms. The number of fused-ring (bicyclic) bond motifs is 2. The fourth-order valence-electron chi connectivity index (χ4n) is 3.83. The van der Waals surface area contributed by atoms with Crippen molar-refractivity contribution in [2.75, 3.05) is 19.1 Å². The van der Waals surface area contributed by atoms with Crippen molar-refractivity contribution in [3.05, 3.63) is 42.9 Å². The normalized spacial score (nSPS) is 19.8. The van der Waals surface area contributed by atoms with E-state index in [-0.39, 0.29) is 19.1 Å². The first-order chi connectivity index (χ1) is 13.7. The zero-order valence-electron chi connectivity index (χ0n) is 15.1. The van der Waals surface area contributed by atoms with Gasteiger partial charge in [0.25, 0.3) is 0 Å². The first kappa shape index (κ1) is 17.6. The Morgan fingerprint density at radius 3 is 3.04 bits per heavy atom. The number of nitrogens with zero attached hydrogens (tertiary/aromatic N) is 3. The Labute approximate surface area is 165 Å². The summed E-state index contributed by atoms with van der Waals surface area (Å²) in [6, 6.07) is 10.5. The molecule has 4 aromatic rings. The third kappa shape index (κ3) is 2.94. The molecule has 5 rings (SSSR count). The highest BCUT2D eigenvalue weighted by Gasteiger charge is 2.29. The largest absolute Gasteiger partial charge is 0.383 e. The lowest BCUT2D eigenvalue weighted by Gasteiger charge is -2.15. The van der Waals surface area contributed by atoms with Gasteiger partial charge in [0, 0.05) is 21.3 Å². The van der Waals surface area contributed by atoms with Crippen LogP contribution in [-0.2, 0) is 9.47 Å². The predicted octanol–water partition coefficient (Wildman–Crippen LogP) is 3.54. The zero-order chi connectivity index (χ0) is 19.1. The molecule has 0 spiro atoms. The van der Waals surface area contributed by atoms with E-state index >= 15 is 0 Å². The minimum Gasteiger partial charge on any atom is -0.383 e. The lowest BCUT2D eigenvalue weighted by molar-refractivity contribution is -0.0745. The van der Waals surface area contributed by atoms with Gasteiger partial charge in [-0.25, -0.2) is 9.97 Å². The maximum Gasteiger partial charge on any atom is 0.148 e. The summed E-state index contributed by atoms with van der Waals surface area (Å²) in [5.41, 5.74) is 8.04. The number of nitrogens with two attached hydrogens (primary N) is 1. The van der Waals surface area contributed by atoms with Gasteiger partial charge in [-0.05, 0) is 30.4 Å². The molecule has 1 aliphatic heterocycles. The van der Waals surface area contributed by atoms with Gasteiger partial charge in [-0.1, -0.05) is 18.2 Å². The van der Waals surface area contributed by atoms with E-state index < -0.39 is 0 Å². The van der Waals surface area contributed by atoms with Crippen molar-refractivity contribution in [3.63, 3.8) is 0 Å². The molecule has 0 bridgehead atoms. The molecular formula is C20H20N4O3S. The Kier molecular flexibility index (Phi) is 4.48. The van der Waals surface area contributed by atoms with Crippen LogP contribution < -0.4 is 5.73 Å². The number of rotatable bonds is 5. The number of aliphatic hydroxyl groups is 1. The van der Waals surface area contributed by atoms with Crippen LogP contribution in [0.1, 0.15) is 19.1 Å². The molecule has 144 valence electrons. The lowest BCUT2D eigenvalue weighted by atomic mass is 10.2. The summed E-state index contributed by atoms with van der Waals surface area (Å²) in [4.78, 5) is 9.84. The fraction of sp³-hybridized carbons (Fsp3) is 0.300. The molecule has 0 saturated carbocycles. The van der Waals surface area contributed by atoms with Gasteiger partial charge in [-0.2, -0.15) is 0 Å². The average molecular weight is 396 g/mol. The highest BCUT2D eigenvalue weighted by molar-refractivity contribution is 7.22. The van der Waals surface area contributed by atoms with Crippen LogP contribution in [0, 0.1) is 0 Å². The minimum absolute atomic E-state index is 0.0402. The fourth-order valence-corrected chi connectivity index (χ4v) is 4.91. The van der Waals surface area contributed by atoms with Gasteiger partial charge < -0.3 is 24.9 Å². The summed E-state index contributed by atoms with van der Waals surface area (Å²) in [7, 11) is 0. The molecule has 1 saturated heterocycles. The van der Waals surface area contributed by atoms with E-state index in [1.807, 2.05) is 16.7 Å². The van der Waals surface area contributed by atoms with E-state index in [0.717, 1.165) is 34.3 Å². The molecule has 1 fully saturated rings. The smallest absolute Gasteiger partial charge is 0.148 e. The second kappa shape index (κ2) is 7.14. The lowest BCUT2D eigenvalue weighted by Crippen LogP contribution is -2.17. The molecule has 1 aliphatic rings. The van der Waals surface area contributed by atoms with E-state index in [1.165, 1.54) is 16.4 Å². The summed E-state index contributed by atoms with van der Waals surface area (Å²) < 4.78 is 14.5. The molecule has 0 amide bonds. The number of anilines is 1. The number of aromatic nitrogens is 3. The third-order valence-corrected chi connectivity index (χ3v) is 6.27. The molecule has 2 atom stereocenters. The van der Waals surface area contributed by atoms with Crippen molar-refractivity contribution in [1.82, 2.24) is 14.5 Å². The monoisotopic (exact) mass is 396 g/mol. The third-order valence-electron chi connectivity index (χ3n) is 5.12. The quantitative estimate of drug-likeness (QED) is 0.501. The molecule has 8 heteroatoms. The minimum atomic E-state index is -0.295. The Bertz CT molecular complexity index is 1110. The van der Waals surface area contributed by atoms with Gasteiger partial charge in [0.1, 0.15) is 30.8 Å². The van der Waals surface area contributed by atoms with Gasteiger partial charge in [0.15, 0.2) is 0 Å². The van der Waals surface area contributed by atoms with E-state index in [2.05, 4.69) is 34.4 Å². The number of ether oxygens (including phenoxy) is 2. The van der Waals surface area contributed by atoms with Crippen LogP contribution in [0.5, 0.6) is 0 Å². The second-order valence-electron chi connectivity index (χ2n) is 6.85. The van der Waals surface area contributed by atoms with Crippen LogP contribution in [0.25, 0.3) is 31.6 Å². The van der Waals surface area contributed by atoms with Crippen LogP contribution in [0.3, 0.4) is 0 Å². The maximum atomic E-state index is 8.86. The molecule has 1 aromatic carbocycles. The summed E-state index contributed by atoms with van der Waals surface area (Å²) in [6.45, 7) is 0.0866. The topological polar surface area (TPSA) is 95.4 Å². The van der Waals surface area contributed by atoms with Crippen molar-refractivity contribution in [3.8, 4) is 10.4 Å². The number of benzene rings is 1. The number of aliphatic hydroxyl groups excluding tert-OH is 1. The van der Waals surface area contributed by atoms with Crippen molar-refractivity contribution in [2.24, 2.45) is 0 Å². The van der Waals surface area contributed by atoms with E-state index in [4.69, 9.17) is 20.3 Å². The number of hydrogen-bond acceptors (Lipinski definition) is 7. The van der Waals surface area contributed by atoms with E-state index in [9.17, 15) is 0 Å². The zero-order valence-corrected chi connectivity index (χ0v) is 15.9. The predicted molar refractivity (Wildman–Crippen MR) is 109 cm³/mol. The Hall–Kier alpha value is -2.52. The highest BCUT2D eigenvalue weighted by Crippen LogP contribution is 2.41. The summed E-state index contributed by atoms with van der Waals surface area (Å²) in [6.07, 6.45) is 5.08. The molecule has 7 nitrogen and oxygen atoms in total. The Morgan fingerprint density at radius 2 is 2.18 bits per heavy atom. The summed E-state index contributed by atoms with van der Waals surface area (Å²) in [5.74, 6) is 0.467. The molecule has 4 heterocycles. The SMILES string of the molecule is Nc1ncnc2c1c(-c1cc3ccccc3s1)cn2C1CCC(COCO)O1. The van der Waals surface area contributed by atoms with Crippen molar-refractivity contribution in [2.45, 2.75) is 25.2 Å². The van der Waals surface area contributed by atoms with Crippen LogP contribution >= 0.6 is 11.3 Å². The molecule has 2 unspecified atom stereocenters. The van der Waals surface area contributed by atoms with Gasteiger partial charge >= 0.3 is 0 Å². The van der Waals surface area contributed by atoms with Crippen molar-refractivity contribution >= 4 is 38.3 Å². The Morgan fingerprint density at radius 1 is 1.29 bits per heavy atom. The number of thiophene rings is 1. The van der Waals surface area contributed by atoms with Crippen LogP contribution in [0.2, 0.25) is 0 Å². The Balaban J connectivity index is 1.59. The number of hydrogen-bond donors (Lipinski definition) is 2. The summed E-state index contributed by atoms with van der Waals surface area (Å²) >= 11 is 1.73. The van der Waals surface area contributed by atoms with Gasteiger partial charge in [-0.3, -0.25) is 0 Å². The van der Waals surface area contributed by atoms with Crippen molar-refractivity contribution < 1.29 is 14.6 Å². The number of nitrogen functional groups attached to an aromatic ring is 1. The van der Waals surface area contributed by atoms with E-state index in [1.54, 1.807) is 11.3 Å².